The maximum absolute atomic E-state index is 12.0. The minimum absolute atomic E-state index is 0.00791. The van der Waals surface area contributed by atoms with Crippen LogP contribution in [0.2, 0.25) is 0 Å². The number of benzene rings is 2. The number of methoxy groups -OCH3 is 1. The quantitative estimate of drug-likeness (QED) is 0.833. The largest absolute Gasteiger partial charge is 0.465 e. The fourth-order valence-corrected chi connectivity index (χ4v) is 3.66. The first kappa shape index (κ1) is 19.1. The van der Waals surface area contributed by atoms with Crippen molar-refractivity contribution in [3.8, 4) is 0 Å². The van der Waals surface area contributed by atoms with Gasteiger partial charge < -0.3 is 14.8 Å². The first-order valence-electron chi connectivity index (χ1n) is 9.13. The predicted molar refractivity (Wildman–Crippen MR) is 102 cm³/mol. The van der Waals surface area contributed by atoms with Crippen LogP contribution in [0.3, 0.4) is 0 Å². The van der Waals surface area contributed by atoms with Crippen molar-refractivity contribution in [2.75, 3.05) is 7.11 Å². The van der Waals surface area contributed by atoms with Crippen LogP contribution in [-0.2, 0) is 14.3 Å². The molecular formula is C22H25NO4. The van der Waals surface area contributed by atoms with E-state index in [1.165, 1.54) is 14.0 Å². The number of hydrogen-bond donors (Lipinski definition) is 1. The first-order chi connectivity index (χ1) is 13.0. The highest BCUT2D eigenvalue weighted by Crippen LogP contribution is 2.39. The highest BCUT2D eigenvalue weighted by Gasteiger charge is 2.32. The van der Waals surface area contributed by atoms with Gasteiger partial charge in [0.15, 0.2) is 0 Å². The average molecular weight is 367 g/mol. The van der Waals surface area contributed by atoms with Crippen molar-refractivity contribution in [1.29, 1.82) is 0 Å². The summed E-state index contributed by atoms with van der Waals surface area (Å²) in [6.45, 7) is 3.47. The van der Waals surface area contributed by atoms with Gasteiger partial charge in [0, 0.05) is 13.0 Å². The summed E-state index contributed by atoms with van der Waals surface area (Å²) >= 11 is 0. The summed E-state index contributed by atoms with van der Waals surface area (Å²) < 4.78 is 11.3. The Kier molecular flexibility index (Phi) is 5.91. The molecule has 1 aliphatic heterocycles. The number of nitrogens with one attached hydrogen (secondary N) is 1. The van der Waals surface area contributed by atoms with Crippen LogP contribution < -0.4 is 5.32 Å². The van der Waals surface area contributed by atoms with Crippen molar-refractivity contribution in [3.05, 3.63) is 70.8 Å². The smallest absolute Gasteiger partial charge is 0.337 e. The first-order valence-corrected chi connectivity index (χ1v) is 9.13. The molecule has 1 N–H and O–H groups in total. The second-order valence-corrected chi connectivity index (χ2v) is 7.02. The van der Waals surface area contributed by atoms with E-state index in [0.717, 1.165) is 23.1 Å². The lowest BCUT2D eigenvalue weighted by molar-refractivity contribution is -0.122. The van der Waals surface area contributed by atoms with E-state index in [4.69, 9.17) is 9.47 Å². The van der Waals surface area contributed by atoms with E-state index in [-0.39, 0.29) is 30.1 Å². The van der Waals surface area contributed by atoms with Gasteiger partial charge in [0.05, 0.1) is 24.9 Å². The Bertz CT molecular complexity index is 818. The molecule has 5 nitrogen and oxygen atoms in total. The Balaban J connectivity index is 1.92. The van der Waals surface area contributed by atoms with Crippen LogP contribution in [0.25, 0.3) is 0 Å². The fraction of sp³-hybridized carbons (Fsp3) is 0.364. The number of esters is 1. The van der Waals surface area contributed by atoms with Crippen LogP contribution in [0.4, 0.5) is 0 Å². The maximum atomic E-state index is 12.0. The molecule has 0 bridgehead atoms. The van der Waals surface area contributed by atoms with Crippen LogP contribution in [0.15, 0.2) is 48.5 Å². The Morgan fingerprint density at radius 3 is 2.33 bits per heavy atom. The van der Waals surface area contributed by atoms with Crippen LogP contribution in [0.1, 0.15) is 59.0 Å². The molecule has 0 radical (unpaired) electrons. The molecule has 1 fully saturated rings. The van der Waals surface area contributed by atoms with Gasteiger partial charge in [-0.15, -0.1) is 0 Å². The van der Waals surface area contributed by atoms with E-state index >= 15 is 0 Å². The number of amides is 1. The zero-order valence-electron chi connectivity index (χ0n) is 15.9. The Hall–Kier alpha value is -2.66. The summed E-state index contributed by atoms with van der Waals surface area (Å²) in [6.07, 6.45) is 1.04. The molecule has 1 amide bonds. The SMILES string of the molecule is COC(=O)c1cc(C)cc([C@H]2C[C@@H](NC(C)=O)C[C@@H](c3ccccc3)O2)c1. The van der Waals surface area contributed by atoms with Gasteiger partial charge in [-0.3, -0.25) is 4.79 Å². The number of ether oxygens (including phenoxy) is 2. The molecule has 0 aromatic heterocycles. The van der Waals surface area contributed by atoms with E-state index in [1.54, 1.807) is 6.07 Å². The van der Waals surface area contributed by atoms with E-state index in [1.807, 2.05) is 49.4 Å². The summed E-state index contributed by atoms with van der Waals surface area (Å²) in [7, 11) is 1.37. The molecule has 0 aliphatic carbocycles. The van der Waals surface area contributed by atoms with Crippen molar-refractivity contribution in [1.82, 2.24) is 5.32 Å². The zero-order valence-corrected chi connectivity index (χ0v) is 15.9. The minimum Gasteiger partial charge on any atom is -0.465 e. The molecule has 1 heterocycles. The van der Waals surface area contributed by atoms with Gasteiger partial charge in [-0.2, -0.15) is 0 Å². The number of carbonyl (C=O) groups is 2. The number of carbonyl (C=O) groups excluding carboxylic acids is 2. The topological polar surface area (TPSA) is 64.6 Å². The highest BCUT2D eigenvalue weighted by atomic mass is 16.5. The third-order valence-electron chi connectivity index (χ3n) is 4.80. The molecule has 142 valence electrons. The molecule has 1 aliphatic rings. The number of aryl methyl sites for hydroxylation is 1. The zero-order chi connectivity index (χ0) is 19.4. The van der Waals surface area contributed by atoms with Crippen molar-refractivity contribution in [3.63, 3.8) is 0 Å². The van der Waals surface area contributed by atoms with Gasteiger partial charge in [0.25, 0.3) is 0 Å². The third-order valence-corrected chi connectivity index (χ3v) is 4.80. The van der Waals surface area contributed by atoms with Crippen molar-refractivity contribution >= 4 is 11.9 Å². The minimum atomic E-state index is -0.367. The van der Waals surface area contributed by atoms with Gasteiger partial charge in [-0.1, -0.05) is 36.4 Å². The van der Waals surface area contributed by atoms with E-state index in [0.29, 0.717) is 12.0 Å². The summed E-state index contributed by atoms with van der Waals surface area (Å²) in [5.41, 5.74) is 3.48. The van der Waals surface area contributed by atoms with E-state index in [9.17, 15) is 9.59 Å². The molecule has 3 rings (SSSR count). The lowest BCUT2D eigenvalue weighted by Gasteiger charge is -2.36. The average Bonchev–Trinajstić information content (AvgIpc) is 2.66. The Morgan fingerprint density at radius 2 is 1.70 bits per heavy atom. The van der Waals surface area contributed by atoms with Gasteiger partial charge >= 0.3 is 5.97 Å². The molecule has 0 spiro atoms. The molecule has 2 aromatic rings. The number of rotatable bonds is 4. The molecule has 3 atom stereocenters. The van der Waals surface area contributed by atoms with E-state index in [2.05, 4.69) is 5.32 Å². The lowest BCUT2D eigenvalue weighted by Crippen LogP contribution is -2.39. The third kappa shape index (κ3) is 4.74. The molecule has 1 saturated heterocycles. The summed E-state index contributed by atoms with van der Waals surface area (Å²) in [5.74, 6) is -0.416. The van der Waals surface area contributed by atoms with Crippen molar-refractivity contribution < 1.29 is 19.1 Å². The Morgan fingerprint density at radius 1 is 1.04 bits per heavy atom. The lowest BCUT2D eigenvalue weighted by atomic mass is 9.90. The molecular weight excluding hydrogens is 342 g/mol. The van der Waals surface area contributed by atoms with Crippen molar-refractivity contribution in [2.45, 2.75) is 44.9 Å². The summed E-state index contributed by atoms with van der Waals surface area (Å²) in [4.78, 5) is 23.6. The molecule has 0 unspecified atom stereocenters. The molecule has 0 saturated carbocycles. The molecule has 5 heteroatoms. The maximum Gasteiger partial charge on any atom is 0.337 e. The molecule has 27 heavy (non-hydrogen) atoms. The molecule has 2 aromatic carbocycles. The highest BCUT2D eigenvalue weighted by molar-refractivity contribution is 5.89. The van der Waals surface area contributed by atoms with Gasteiger partial charge in [-0.25, -0.2) is 4.79 Å². The summed E-state index contributed by atoms with van der Waals surface area (Å²) in [5, 5.41) is 3.03. The standard InChI is InChI=1S/C22H25NO4/c1-14-9-17(11-18(10-14)22(25)26-3)21-13-19(23-15(2)24)12-20(27-21)16-7-5-4-6-8-16/h4-11,19-21H,12-13H2,1-3H3,(H,23,24)/t19-,20-,21+/m0/s1. The van der Waals surface area contributed by atoms with Crippen LogP contribution >= 0.6 is 0 Å². The monoisotopic (exact) mass is 367 g/mol. The Labute approximate surface area is 159 Å². The van der Waals surface area contributed by atoms with Gasteiger partial charge in [-0.05, 0) is 48.6 Å². The number of hydrogen-bond acceptors (Lipinski definition) is 4. The summed E-state index contributed by atoms with van der Waals surface area (Å²) in [6, 6.07) is 15.7. The predicted octanol–water partition coefficient (Wildman–Crippen LogP) is 3.88. The van der Waals surface area contributed by atoms with Crippen LogP contribution in [0, 0.1) is 6.92 Å². The van der Waals surface area contributed by atoms with Crippen molar-refractivity contribution in [2.24, 2.45) is 0 Å². The normalized spacial score (nSPS) is 22.1. The van der Waals surface area contributed by atoms with Crippen LogP contribution in [0.5, 0.6) is 0 Å². The fourth-order valence-electron chi connectivity index (χ4n) is 3.66. The second kappa shape index (κ2) is 8.35. The second-order valence-electron chi connectivity index (χ2n) is 7.02. The van der Waals surface area contributed by atoms with Gasteiger partial charge in [0.1, 0.15) is 0 Å². The van der Waals surface area contributed by atoms with Crippen LogP contribution in [-0.4, -0.2) is 25.0 Å². The van der Waals surface area contributed by atoms with E-state index < -0.39 is 0 Å². The van der Waals surface area contributed by atoms with Gasteiger partial charge in [0.2, 0.25) is 5.91 Å².